The number of carbonyl (C=O) groups is 1. The van der Waals surface area contributed by atoms with Crippen LogP contribution in [-0.2, 0) is 4.79 Å². The molecule has 2 atom stereocenters. The van der Waals surface area contributed by atoms with E-state index in [0.29, 0.717) is 0 Å². The monoisotopic (exact) mass is 215 g/mol. The van der Waals surface area contributed by atoms with E-state index < -0.39 is 6.04 Å². The van der Waals surface area contributed by atoms with Crippen LogP contribution in [-0.4, -0.2) is 43.5 Å². The van der Waals surface area contributed by atoms with E-state index in [0.717, 1.165) is 6.54 Å². The summed E-state index contributed by atoms with van der Waals surface area (Å²) in [5.41, 5.74) is 5.54. The Morgan fingerprint density at radius 2 is 1.87 bits per heavy atom. The lowest BCUT2D eigenvalue weighted by molar-refractivity contribution is -0.123. The Morgan fingerprint density at radius 3 is 2.20 bits per heavy atom. The minimum absolute atomic E-state index is 0.0358. The molecular formula is C11H25N3O. The molecule has 0 saturated heterocycles. The molecule has 0 aromatic carbocycles. The summed E-state index contributed by atoms with van der Waals surface area (Å²) in [6.07, 6.45) is 0. The first-order valence-electron chi connectivity index (χ1n) is 5.37. The Balaban J connectivity index is 4.30. The molecule has 0 saturated carbocycles. The lowest BCUT2D eigenvalue weighted by atomic mass is 9.85. The summed E-state index contributed by atoms with van der Waals surface area (Å²) in [5, 5.41) is 2.93. The van der Waals surface area contributed by atoms with Crippen LogP contribution in [0.3, 0.4) is 0 Å². The van der Waals surface area contributed by atoms with Gasteiger partial charge in [0.25, 0.3) is 0 Å². The molecule has 0 aliphatic rings. The smallest absolute Gasteiger partial charge is 0.236 e. The Labute approximate surface area is 93.2 Å². The van der Waals surface area contributed by atoms with Crippen molar-refractivity contribution in [1.29, 1.82) is 0 Å². The quantitative estimate of drug-likeness (QED) is 0.699. The van der Waals surface area contributed by atoms with Crippen molar-refractivity contribution in [1.82, 2.24) is 10.2 Å². The average molecular weight is 215 g/mol. The van der Waals surface area contributed by atoms with Gasteiger partial charge in [-0.05, 0) is 33.4 Å². The van der Waals surface area contributed by atoms with Crippen molar-refractivity contribution in [2.24, 2.45) is 11.1 Å². The molecule has 4 heteroatoms. The van der Waals surface area contributed by atoms with E-state index in [1.54, 1.807) is 6.92 Å². The van der Waals surface area contributed by atoms with Crippen LogP contribution in [0.4, 0.5) is 0 Å². The van der Waals surface area contributed by atoms with E-state index in [-0.39, 0.29) is 17.4 Å². The molecule has 4 nitrogen and oxygen atoms in total. The second-order valence-electron chi connectivity index (χ2n) is 5.25. The summed E-state index contributed by atoms with van der Waals surface area (Å²) >= 11 is 0. The number of amides is 1. The van der Waals surface area contributed by atoms with Crippen LogP contribution < -0.4 is 11.1 Å². The molecule has 3 N–H and O–H groups in total. The SMILES string of the molecule is CC(N)C(=O)NC(C)C(C)(C)CN(C)C. The predicted octanol–water partition coefficient (Wildman–Crippen LogP) is 0.426. The maximum Gasteiger partial charge on any atom is 0.236 e. The van der Waals surface area contributed by atoms with Gasteiger partial charge < -0.3 is 16.0 Å². The Bertz CT molecular complexity index is 212. The van der Waals surface area contributed by atoms with Gasteiger partial charge in [-0.2, -0.15) is 0 Å². The highest BCUT2D eigenvalue weighted by molar-refractivity contribution is 5.81. The van der Waals surface area contributed by atoms with E-state index in [1.807, 2.05) is 21.0 Å². The summed E-state index contributed by atoms with van der Waals surface area (Å²) < 4.78 is 0. The van der Waals surface area contributed by atoms with Crippen molar-refractivity contribution in [2.45, 2.75) is 39.8 Å². The highest BCUT2D eigenvalue weighted by atomic mass is 16.2. The minimum atomic E-state index is -0.442. The molecule has 90 valence electrons. The fraction of sp³-hybridized carbons (Fsp3) is 0.909. The second kappa shape index (κ2) is 5.47. The molecule has 0 aliphatic heterocycles. The molecule has 0 aliphatic carbocycles. The molecule has 2 unspecified atom stereocenters. The van der Waals surface area contributed by atoms with Gasteiger partial charge >= 0.3 is 0 Å². The Hall–Kier alpha value is -0.610. The lowest BCUT2D eigenvalue weighted by Crippen LogP contribution is -2.51. The molecule has 0 heterocycles. The fourth-order valence-electron chi connectivity index (χ4n) is 1.49. The molecule has 0 rings (SSSR count). The normalized spacial score (nSPS) is 16.3. The summed E-state index contributed by atoms with van der Waals surface area (Å²) in [7, 11) is 4.06. The predicted molar refractivity (Wildman–Crippen MR) is 63.6 cm³/mol. The third kappa shape index (κ3) is 5.14. The largest absolute Gasteiger partial charge is 0.352 e. The first-order chi connectivity index (χ1) is 6.66. The molecule has 0 spiro atoms. The second-order valence-corrected chi connectivity index (χ2v) is 5.25. The van der Waals surface area contributed by atoms with Crippen LogP contribution in [0.1, 0.15) is 27.7 Å². The summed E-state index contributed by atoms with van der Waals surface area (Å²) in [5.74, 6) is -0.0886. The highest BCUT2D eigenvalue weighted by Crippen LogP contribution is 2.21. The molecule has 1 amide bonds. The number of rotatable bonds is 5. The molecule has 15 heavy (non-hydrogen) atoms. The molecular weight excluding hydrogens is 190 g/mol. The highest BCUT2D eigenvalue weighted by Gasteiger charge is 2.28. The van der Waals surface area contributed by atoms with Crippen LogP contribution >= 0.6 is 0 Å². The first-order valence-corrected chi connectivity index (χ1v) is 5.37. The molecule has 0 radical (unpaired) electrons. The van der Waals surface area contributed by atoms with E-state index in [4.69, 9.17) is 5.73 Å². The molecule has 0 bridgehead atoms. The van der Waals surface area contributed by atoms with E-state index in [1.165, 1.54) is 0 Å². The van der Waals surface area contributed by atoms with Crippen LogP contribution in [0.5, 0.6) is 0 Å². The lowest BCUT2D eigenvalue weighted by Gasteiger charge is -2.35. The van der Waals surface area contributed by atoms with Gasteiger partial charge in [0, 0.05) is 12.6 Å². The van der Waals surface area contributed by atoms with Crippen molar-refractivity contribution in [3.8, 4) is 0 Å². The van der Waals surface area contributed by atoms with Gasteiger partial charge in [0.15, 0.2) is 0 Å². The van der Waals surface area contributed by atoms with Crippen molar-refractivity contribution < 1.29 is 4.79 Å². The standard InChI is InChI=1S/C11H25N3O/c1-8(12)10(15)13-9(2)11(3,4)7-14(5)6/h8-9H,7,12H2,1-6H3,(H,13,15). The number of nitrogens with zero attached hydrogens (tertiary/aromatic N) is 1. The van der Waals surface area contributed by atoms with E-state index in [2.05, 4.69) is 24.1 Å². The van der Waals surface area contributed by atoms with Crippen molar-refractivity contribution >= 4 is 5.91 Å². The van der Waals surface area contributed by atoms with Gasteiger partial charge in [0.05, 0.1) is 6.04 Å². The van der Waals surface area contributed by atoms with Gasteiger partial charge in [0.1, 0.15) is 0 Å². The summed E-state index contributed by atoms with van der Waals surface area (Å²) in [6.45, 7) is 8.91. The zero-order chi connectivity index (χ0) is 12.2. The van der Waals surface area contributed by atoms with Crippen LogP contribution in [0.25, 0.3) is 0 Å². The fourth-order valence-corrected chi connectivity index (χ4v) is 1.49. The average Bonchev–Trinajstić information content (AvgIpc) is 2.01. The molecule has 0 fully saturated rings. The maximum absolute atomic E-state index is 11.4. The number of carbonyl (C=O) groups excluding carboxylic acids is 1. The van der Waals surface area contributed by atoms with Crippen molar-refractivity contribution in [3.05, 3.63) is 0 Å². The van der Waals surface area contributed by atoms with Crippen LogP contribution in [0, 0.1) is 5.41 Å². The number of nitrogens with two attached hydrogens (primary N) is 1. The van der Waals surface area contributed by atoms with Crippen molar-refractivity contribution in [3.63, 3.8) is 0 Å². The van der Waals surface area contributed by atoms with Crippen LogP contribution in [0.2, 0.25) is 0 Å². The van der Waals surface area contributed by atoms with E-state index in [9.17, 15) is 4.79 Å². The summed E-state index contributed by atoms with van der Waals surface area (Å²) in [4.78, 5) is 13.6. The first kappa shape index (κ1) is 14.4. The van der Waals surface area contributed by atoms with Gasteiger partial charge in [0.2, 0.25) is 5.91 Å². The number of hydrogen-bond donors (Lipinski definition) is 2. The Morgan fingerprint density at radius 1 is 1.40 bits per heavy atom. The third-order valence-corrected chi connectivity index (χ3v) is 2.67. The van der Waals surface area contributed by atoms with Crippen molar-refractivity contribution in [2.75, 3.05) is 20.6 Å². The topological polar surface area (TPSA) is 58.4 Å². The van der Waals surface area contributed by atoms with Crippen LogP contribution in [0.15, 0.2) is 0 Å². The minimum Gasteiger partial charge on any atom is -0.352 e. The zero-order valence-electron chi connectivity index (χ0n) is 10.8. The number of hydrogen-bond acceptors (Lipinski definition) is 3. The van der Waals surface area contributed by atoms with Gasteiger partial charge in [-0.25, -0.2) is 0 Å². The zero-order valence-corrected chi connectivity index (χ0v) is 10.8. The van der Waals surface area contributed by atoms with Gasteiger partial charge in [-0.1, -0.05) is 13.8 Å². The third-order valence-electron chi connectivity index (χ3n) is 2.67. The number of nitrogens with one attached hydrogen (secondary N) is 1. The maximum atomic E-state index is 11.4. The Kier molecular flexibility index (Phi) is 5.24. The van der Waals surface area contributed by atoms with E-state index >= 15 is 0 Å². The summed E-state index contributed by atoms with van der Waals surface area (Å²) in [6, 6.07) is -0.332. The van der Waals surface area contributed by atoms with Gasteiger partial charge in [-0.15, -0.1) is 0 Å². The molecule has 0 aromatic heterocycles. The molecule has 0 aromatic rings. The van der Waals surface area contributed by atoms with Gasteiger partial charge in [-0.3, -0.25) is 4.79 Å².